The number of nitrogens with two attached hydrogens (primary N) is 1. The maximum absolute atomic E-state index is 14.3. The number of ether oxygens (including phenoxy) is 1. The number of benzene rings is 1. The molecular formula is C16H20ClFN4O2. The number of carbonyl (C=O) groups excluding carboxylic acids is 1. The molecule has 24 heavy (non-hydrogen) atoms. The Morgan fingerprint density at radius 2 is 2.12 bits per heavy atom. The van der Waals surface area contributed by atoms with Gasteiger partial charge in [0, 0.05) is 25.1 Å². The highest BCUT2D eigenvalue weighted by Crippen LogP contribution is 2.22. The number of amides is 1. The van der Waals surface area contributed by atoms with Crippen LogP contribution in [0, 0.1) is 12.7 Å². The molecule has 6 nitrogen and oxygen atoms in total. The van der Waals surface area contributed by atoms with E-state index in [1.54, 1.807) is 24.5 Å². The van der Waals surface area contributed by atoms with E-state index >= 15 is 0 Å². The molecule has 0 saturated carbocycles. The molecule has 0 unspecified atom stereocenters. The molecule has 0 atom stereocenters. The molecule has 0 spiro atoms. The summed E-state index contributed by atoms with van der Waals surface area (Å²) in [5.74, 6) is -0.785. The molecule has 1 aromatic carbocycles. The Morgan fingerprint density at radius 1 is 1.42 bits per heavy atom. The molecule has 0 radical (unpaired) electrons. The first-order chi connectivity index (χ1) is 11.0. The summed E-state index contributed by atoms with van der Waals surface area (Å²) in [6.07, 6.45) is 4.28. The maximum Gasteiger partial charge on any atom is 0.244 e. The molecule has 1 amide bonds. The summed E-state index contributed by atoms with van der Waals surface area (Å²) in [5, 5.41) is 6.77. The molecule has 0 aliphatic carbocycles. The van der Waals surface area contributed by atoms with Crippen molar-refractivity contribution in [2.24, 2.45) is 5.73 Å². The van der Waals surface area contributed by atoms with Crippen molar-refractivity contribution in [3.05, 3.63) is 42.0 Å². The Labute approximate surface area is 145 Å². The van der Waals surface area contributed by atoms with Crippen LogP contribution in [0.1, 0.15) is 18.4 Å². The lowest BCUT2D eigenvalue weighted by molar-refractivity contribution is -0.124. The third-order valence-corrected chi connectivity index (χ3v) is 4.00. The highest BCUT2D eigenvalue weighted by atomic mass is 35.5. The van der Waals surface area contributed by atoms with Crippen LogP contribution in [-0.4, -0.2) is 34.4 Å². The molecule has 2 heterocycles. The summed E-state index contributed by atoms with van der Waals surface area (Å²) >= 11 is 0. The van der Waals surface area contributed by atoms with Crippen molar-refractivity contribution in [2.45, 2.75) is 25.3 Å². The van der Waals surface area contributed by atoms with Crippen molar-refractivity contribution in [1.82, 2.24) is 9.78 Å². The molecule has 3 rings (SSSR count). The lowest BCUT2D eigenvalue weighted by atomic mass is 9.90. The van der Waals surface area contributed by atoms with Gasteiger partial charge in [-0.2, -0.15) is 5.10 Å². The van der Waals surface area contributed by atoms with Gasteiger partial charge >= 0.3 is 0 Å². The third-order valence-electron chi connectivity index (χ3n) is 4.00. The Morgan fingerprint density at radius 3 is 2.71 bits per heavy atom. The van der Waals surface area contributed by atoms with E-state index in [-0.39, 0.29) is 18.3 Å². The normalized spacial score (nSPS) is 16.3. The van der Waals surface area contributed by atoms with Crippen molar-refractivity contribution in [2.75, 3.05) is 18.5 Å². The van der Waals surface area contributed by atoms with E-state index in [2.05, 4.69) is 10.4 Å². The SMILES string of the molecule is Cc1cnn(-c2ccc(NC(=O)C3(N)CCOCC3)cc2F)c1.Cl. The summed E-state index contributed by atoms with van der Waals surface area (Å²) in [5.41, 5.74) is 6.78. The number of aryl methyl sites for hydroxylation is 1. The fourth-order valence-corrected chi connectivity index (χ4v) is 2.53. The zero-order chi connectivity index (χ0) is 16.4. The van der Waals surface area contributed by atoms with Gasteiger partial charge in [-0.25, -0.2) is 9.07 Å². The van der Waals surface area contributed by atoms with Crippen molar-refractivity contribution in [3.8, 4) is 5.69 Å². The second-order valence-electron chi connectivity index (χ2n) is 5.85. The average Bonchev–Trinajstić information content (AvgIpc) is 2.94. The van der Waals surface area contributed by atoms with Gasteiger partial charge in [0.1, 0.15) is 11.2 Å². The van der Waals surface area contributed by atoms with E-state index in [0.717, 1.165) is 5.56 Å². The van der Waals surface area contributed by atoms with E-state index < -0.39 is 11.4 Å². The molecule has 2 aromatic rings. The summed E-state index contributed by atoms with van der Waals surface area (Å²) in [7, 11) is 0. The van der Waals surface area contributed by atoms with Crippen LogP contribution in [-0.2, 0) is 9.53 Å². The van der Waals surface area contributed by atoms with Crippen LogP contribution >= 0.6 is 12.4 Å². The molecule has 0 bridgehead atoms. The van der Waals surface area contributed by atoms with Gasteiger partial charge in [-0.3, -0.25) is 4.79 Å². The van der Waals surface area contributed by atoms with Crippen LogP contribution in [0.25, 0.3) is 5.69 Å². The third kappa shape index (κ3) is 3.75. The van der Waals surface area contributed by atoms with Gasteiger partial charge < -0.3 is 15.8 Å². The van der Waals surface area contributed by atoms with Gasteiger partial charge in [0.15, 0.2) is 5.82 Å². The number of halogens is 2. The number of anilines is 1. The largest absolute Gasteiger partial charge is 0.381 e. The Balaban J connectivity index is 0.00000208. The smallest absolute Gasteiger partial charge is 0.244 e. The summed E-state index contributed by atoms with van der Waals surface area (Å²) in [6, 6.07) is 4.48. The lowest BCUT2D eigenvalue weighted by Crippen LogP contribution is -2.54. The molecule has 1 aliphatic heterocycles. The molecular weight excluding hydrogens is 335 g/mol. The number of carbonyl (C=O) groups is 1. The highest BCUT2D eigenvalue weighted by Gasteiger charge is 2.35. The fourth-order valence-electron chi connectivity index (χ4n) is 2.53. The number of hydrogen-bond donors (Lipinski definition) is 2. The topological polar surface area (TPSA) is 82.2 Å². The van der Waals surface area contributed by atoms with Gasteiger partial charge in [0.05, 0.1) is 6.20 Å². The molecule has 1 fully saturated rings. The zero-order valence-corrected chi connectivity index (χ0v) is 14.1. The van der Waals surface area contributed by atoms with Gasteiger partial charge in [-0.15, -0.1) is 12.4 Å². The van der Waals surface area contributed by atoms with E-state index in [0.29, 0.717) is 37.4 Å². The molecule has 130 valence electrons. The standard InChI is InChI=1S/C16H19FN4O2.ClH/c1-11-9-19-21(10-11)14-3-2-12(8-13(14)17)20-15(22)16(18)4-6-23-7-5-16;/h2-3,8-10H,4-7,18H2,1H3,(H,20,22);1H. The number of nitrogens with zero attached hydrogens (tertiary/aromatic N) is 2. The molecule has 3 N–H and O–H groups in total. The fraction of sp³-hybridized carbons (Fsp3) is 0.375. The Hall–Kier alpha value is -1.96. The summed E-state index contributed by atoms with van der Waals surface area (Å²) in [4.78, 5) is 12.3. The van der Waals surface area contributed by atoms with Crippen LogP contribution < -0.4 is 11.1 Å². The van der Waals surface area contributed by atoms with Crippen molar-refractivity contribution in [1.29, 1.82) is 0 Å². The number of rotatable bonds is 3. The van der Waals surface area contributed by atoms with Gasteiger partial charge in [0.2, 0.25) is 5.91 Å². The lowest BCUT2D eigenvalue weighted by Gasteiger charge is -2.31. The van der Waals surface area contributed by atoms with E-state index in [4.69, 9.17) is 10.5 Å². The number of nitrogens with one attached hydrogen (secondary N) is 1. The average molecular weight is 355 g/mol. The van der Waals surface area contributed by atoms with E-state index in [1.165, 1.54) is 10.7 Å². The molecule has 8 heteroatoms. The van der Waals surface area contributed by atoms with Crippen LogP contribution in [0.3, 0.4) is 0 Å². The second kappa shape index (κ2) is 7.29. The highest BCUT2D eigenvalue weighted by molar-refractivity contribution is 5.98. The number of hydrogen-bond acceptors (Lipinski definition) is 4. The predicted octanol–water partition coefficient (Wildman–Crippen LogP) is 2.19. The second-order valence-corrected chi connectivity index (χ2v) is 5.85. The number of aromatic nitrogens is 2. The first kappa shape index (κ1) is 18.4. The summed E-state index contributed by atoms with van der Waals surface area (Å²) < 4.78 is 20.9. The van der Waals surface area contributed by atoms with Crippen LogP contribution in [0.4, 0.5) is 10.1 Å². The minimum Gasteiger partial charge on any atom is -0.381 e. The molecule has 1 aliphatic rings. The van der Waals surface area contributed by atoms with Crippen molar-refractivity contribution < 1.29 is 13.9 Å². The summed E-state index contributed by atoms with van der Waals surface area (Å²) in [6.45, 7) is 2.79. The van der Waals surface area contributed by atoms with Crippen LogP contribution in [0.5, 0.6) is 0 Å². The van der Waals surface area contributed by atoms with E-state index in [1.807, 2.05) is 6.92 Å². The maximum atomic E-state index is 14.3. The molecule has 1 saturated heterocycles. The quantitative estimate of drug-likeness (QED) is 0.885. The van der Waals surface area contributed by atoms with Crippen molar-refractivity contribution >= 4 is 24.0 Å². The van der Waals surface area contributed by atoms with E-state index in [9.17, 15) is 9.18 Å². The first-order valence-electron chi connectivity index (χ1n) is 7.47. The van der Waals surface area contributed by atoms with Crippen LogP contribution in [0.2, 0.25) is 0 Å². The monoisotopic (exact) mass is 354 g/mol. The first-order valence-corrected chi connectivity index (χ1v) is 7.47. The van der Waals surface area contributed by atoms with Gasteiger partial charge in [0.25, 0.3) is 0 Å². The van der Waals surface area contributed by atoms with Crippen molar-refractivity contribution in [3.63, 3.8) is 0 Å². The Kier molecular flexibility index (Phi) is 5.58. The van der Waals surface area contributed by atoms with Gasteiger partial charge in [-0.05, 0) is 43.5 Å². The van der Waals surface area contributed by atoms with Gasteiger partial charge in [-0.1, -0.05) is 0 Å². The zero-order valence-electron chi connectivity index (χ0n) is 13.3. The minimum absolute atomic E-state index is 0. The molecule has 1 aromatic heterocycles. The Bertz CT molecular complexity index is 729. The predicted molar refractivity (Wildman–Crippen MR) is 91.1 cm³/mol. The van der Waals surface area contributed by atoms with Crippen LogP contribution in [0.15, 0.2) is 30.6 Å². The minimum atomic E-state index is -0.966.